The number of fused-ring (bicyclic) bond motifs is 3. The van der Waals surface area contributed by atoms with Crippen molar-refractivity contribution in [3.63, 3.8) is 0 Å². The normalized spacial score (nSPS) is 12.7. The predicted octanol–water partition coefficient (Wildman–Crippen LogP) is 5.37. The van der Waals surface area contributed by atoms with Crippen LogP contribution in [-0.2, 0) is 24.2 Å². The molecule has 5 rings (SSSR count). The monoisotopic (exact) mass is 470 g/mol. The van der Waals surface area contributed by atoms with Crippen molar-refractivity contribution in [2.75, 3.05) is 0 Å². The molecule has 0 saturated heterocycles. The van der Waals surface area contributed by atoms with Gasteiger partial charge in [-0.25, -0.2) is 0 Å². The average Bonchev–Trinajstić information content (AvgIpc) is 3.56. The summed E-state index contributed by atoms with van der Waals surface area (Å²) in [7, 11) is 0. The summed E-state index contributed by atoms with van der Waals surface area (Å²) in [5.41, 5.74) is 5.68. The van der Waals surface area contributed by atoms with Gasteiger partial charge in [-0.15, -0.1) is 0 Å². The van der Waals surface area contributed by atoms with Crippen LogP contribution < -0.4 is 4.74 Å². The maximum atomic E-state index is 11.0. The lowest BCUT2D eigenvalue weighted by Crippen LogP contribution is -2.06. The fourth-order valence-corrected chi connectivity index (χ4v) is 4.82. The summed E-state index contributed by atoms with van der Waals surface area (Å²) in [4.78, 5) is 15.6. The van der Waals surface area contributed by atoms with E-state index in [0.717, 1.165) is 30.3 Å². The molecule has 35 heavy (non-hydrogen) atoms. The molecule has 2 aromatic heterocycles. The van der Waals surface area contributed by atoms with Gasteiger partial charge in [-0.05, 0) is 81.5 Å². The van der Waals surface area contributed by atoms with Crippen molar-refractivity contribution in [1.82, 2.24) is 14.7 Å². The third-order valence-electron chi connectivity index (χ3n) is 6.29. The zero-order chi connectivity index (χ0) is 24.5. The van der Waals surface area contributed by atoms with Crippen LogP contribution in [0.3, 0.4) is 0 Å². The number of rotatable bonds is 8. The lowest BCUT2D eigenvalue weighted by molar-refractivity contribution is -0.137. The summed E-state index contributed by atoms with van der Waals surface area (Å²) in [5.74, 6) is 0.577. The molecule has 0 unspecified atom stereocenters. The van der Waals surface area contributed by atoms with Gasteiger partial charge in [0, 0.05) is 40.7 Å². The molecule has 8 nitrogen and oxygen atoms in total. The molecule has 0 saturated carbocycles. The zero-order valence-corrected chi connectivity index (χ0v) is 19.7. The van der Waals surface area contributed by atoms with Gasteiger partial charge in [0.15, 0.2) is 0 Å². The minimum Gasteiger partial charge on any atom is -0.490 e. The van der Waals surface area contributed by atoms with Gasteiger partial charge in [-0.3, -0.25) is 4.79 Å². The van der Waals surface area contributed by atoms with Crippen molar-refractivity contribution in [3.8, 4) is 34.7 Å². The molecule has 2 aromatic carbocycles. The maximum Gasteiger partial charge on any atom is 0.303 e. The SMILES string of the molecule is CC(C)Oc1ccc(-c2nc(-c3ccc4c(c3)c3c(n4CCCC(=O)O)CCC3)no2)cc1C#N. The molecule has 0 bridgehead atoms. The summed E-state index contributed by atoms with van der Waals surface area (Å²) in [5, 5.41) is 23.9. The van der Waals surface area contributed by atoms with E-state index >= 15 is 0 Å². The van der Waals surface area contributed by atoms with Gasteiger partial charge < -0.3 is 18.9 Å². The Morgan fingerprint density at radius 3 is 2.83 bits per heavy atom. The maximum absolute atomic E-state index is 11.0. The molecule has 1 N–H and O–H groups in total. The molecular weight excluding hydrogens is 444 g/mol. The molecule has 178 valence electrons. The lowest BCUT2D eigenvalue weighted by atomic mass is 10.1. The number of ether oxygens (including phenoxy) is 1. The number of aryl methyl sites for hydroxylation is 2. The fraction of sp³-hybridized carbons (Fsp3) is 0.333. The van der Waals surface area contributed by atoms with Gasteiger partial charge in [0.2, 0.25) is 5.82 Å². The quantitative estimate of drug-likeness (QED) is 0.368. The number of aromatic nitrogens is 3. The van der Waals surface area contributed by atoms with Crippen molar-refractivity contribution in [2.45, 2.75) is 58.6 Å². The Labute approximate surface area is 202 Å². The van der Waals surface area contributed by atoms with E-state index in [1.54, 1.807) is 12.1 Å². The highest BCUT2D eigenvalue weighted by molar-refractivity contribution is 5.89. The van der Waals surface area contributed by atoms with Crippen molar-refractivity contribution in [1.29, 1.82) is 5.26 Å². The van der Waals surface area contributed by atoms with Crippen LogP contribution in [0.5, 0.6) is 5.75 Å². The summed E-state index contributed by atoms with van der Waals surface area (Å²) >= 11 is 0. The predicted molar refractivity (Wildman–Crippen MR) is 130 cm³/mol. The Kier molecular flexibility index (Phi) is 6.00. The van der Waals surface area contributed by atoms with E-state index in [-0.39, 0.29) is 12.5 Å². The van der Waals surface area contributed by atoms with Crippen LogP contribution in [0, 0.1) is 11.3 Å². The van der Waals surface area contributed by atoms with Crippen LogP contribution in [0.25, 0.3) is 33.7 Å². The van der Waals surface area contributed by atoms with Gasteiger partial charge in [0.1, 0.15) is 11.8 Å². The third-order valence-corrected chi connectivity index (χ3v) is 6.29. The van der Waals surface area contributed by atoms with Gasteiger partial charge in [0.05, 0.1) is 11.7 Å². The first kappa shape index (κ1) is 22.7. The highest BCUT2D eigenvalue weighted by Crippen LogP contribution is 2.36. The molecule has 0 amide bonds. The van der Waals surface area contributed by atoms with Gasteiger partial charge >= 0.3 is 5.97 Å². The highest BCUT2D eigenvalue weighted by Gasteiger charge is 2.22. The molecule has 4 aromatic rings. The van der Waals surface area contributed by atoms with Crippen molar-refractivity contribution in [3.05, 3.63) is 53.2 Å². The van der Waals surface area contributed by atoms with E-state index in [4.69, 9.17) is 14.4 Å². The molecule has 0 spiro atoms. The van der Waals surface area contributed by atoms with Crippen LogP contribution >= 0.6 is 0 Å². The number of benzene rings is 2. The number of hydrogen-bond acceptors (Lipinski definition) is 6. The van der Waals surface area contributed by atoms with Crippen molar-refractivity contribution < 1.29 is 19.2 Å². The standard InChI is InChI=1S/C27H26N4O4/c1-16(2)34-24-11-9-18(13-19(24)15-28)27-29-26(30-35-27)17-8-10-23-21(14-17)20-5-3-6-22(20)31(23)12-4-7-25(32)33/h8-11,13-14,16H,3-7,12H2,1-2H3,(H,32,33). The van der Waals surface area contributed by atoms with E-state index in [0.29, 0.717) is 41.6 Å². The first-order valence-corrected chi connectivity index (χ1v) is 11.9. The Morgan fingerprint density at radius 2 is 2.06 bits per heavy atom. The largest absolute Gasteiger partial charge is 0.490 e. The van der Waals surface area contributed by atoms with E-state index < -0.39 is 5.97 Å². The minimum atomic E-state index is -0.766. The second-order valence-corrected chi connectivity index (χ2v) is 9.07. The minimum absolute atomic E-state index is 0.0358. The molecule has 1 aliphatic rings. The molecule has 2 heterocycles. The van der Waals surface area contributed by atoms with E-state index in [1.807, 2.05) is 26.0 Å². The number of nitrogens with zero attached hydrogens (tertiary/aromatic N) is 4. The summed E-state index contributed by atoms with van der Waals surface area (Å²) in [6, 6.07) is 13.6. The van der Waals surface area contributed by atoms with E-state index in [2.05, 4.69) is 32.9 Å². The lowest BCUT2D eigenvalue weighted by Gasteiger charge is -2.11. The molecule has 8 heteroatoms. The number of hydrogen-bond donors (Lipinski definition) is 1. The Morgan fingerprint density at radius 1 is 1.23 bits per heavy atom. The van der Waals surface area contributed by atoms with Gasteiger partial charge in [-0.1, -0.05) is 5.16 Å². The van der Waals surface area contributed by atoms with E-state index in [1.165, 1.54) is 16.6 Å². The number of aliphatic carboxylic acids is 1. The summed E-state index contributed by atoms with van der Waals surface area (Å²) in [6.45, 7) is 4.52. The molecular formula is C27H26N4O4. The average molecular weight is 471 g/mol. The van der Waals surface area contributed by atoms with Crippen molar-refractivity contribution in [2.24, 2.45) is 0 Å². The summed E-state index contributed by atoms with van der Waals surface area (Å²) in [6.07, 6.45) is 3.86. The zero-order valence-electron chi connectivity index (χ0n) is 19.7. The van der Waals surface area contributed by atoms with Crippen LogP contribution in [0.15, 0.2) is 40.9 Å². The Bertz CT molecular complexity index is 1460. The van der Waals surface area contributed by atoms with Gasteiger partial charge in [0.25, 0.3) is 5.89 Å². The fourth-order valence-electron chi connectivity index (χ4n) is 4.82. The smallest absolute Gasteiger partial charge is 0.303 e. The van der Waals surface area contributed by atoms with Crippen LogP contribution in [0.4, 0.5) is 0 Å². The van der Waals surface area contributed by atoms with Gasteiger partial charge in [-0.2, -0.15) is 10.2 Å². The van der Waals surface area contributed by atoms with Crippen molar-refractivity contribution >= 4 is 16.9 Å². The molecule has 0 fully saturated rings. The van der Waals surface area contributed by atoms with E-state index in [9.17, 15) is 10.1 Å². The van der Waals surface area contributed by atoms with Crippen LogP contribution in [0.1, 0.15) is 49.9 Å². The summed E-state index contributed by atoms with van der Waals surface area (Å²) < 4.78 is 13.5. The number of nitriles is 1. The van der Waals surface area contributed by atoms with Crippen LogP contribution in [-0.4, -0.2) is 31.9 Å². The second-order valence-electron chi connectivity index (χ2n) is 9.07. The first-order chi connectivity index (χ1) is 16.9. The number of carbonyl (C=O) groups is 1. The molecule has 0 aliphatic heterocycles. The highest BCUT2D eigenvalue weighted by atomic mass is 16.5. The van der Waals surface area contributed by atoms with Crippen LogP contribution in [0.2, 0.25) is 0 Å². The Hall–Kier alpha value is -4.12. The Balaban J connectivity index is 1.46. The molecule has 0 radical (unpaired) electrons. The number of carboxylic acids is 1. The molecule has 1 aliphatic carbocycles. The molecule has 0 atom stereocenters. The number of carboxylic acid groups (broad SMARTS) is 1. The topological polar surface area (TPSA) is 114 Å². The second kappa shape index (κ2) is 9.26. The first-order valence-electron chi connectivity index (χ1n) is 11.9. The third kappa shape index (κ3) is 4.37.